The SMILES string of the molecule is CCNC(=NCc1cccnc1OCC(F)(F)F)NCCc1c[nH]c2ccccc12. The lowest BCUT2D eigenvalue weighted by molar-refractivity contribution is -0.154. The van der Waals surface area contributed by atoms with Gasteiger partial charge < -0.3 is 20.4 Å². The zero-order valence-electron chi connectivity index (χ0n) is 16.6. The molecule has 0 unspecified atom stereocenters. The Balaban J connectivity index is 1.61. The first-order valence-electron chi connectivity index (χ1n) is 9.67. The lowest BCUT2D eigenvalue weighted by Gasteiger charge is -2.13. The number of fused-ring (bicyclic) bond motifs is 1. The van der Waals surface area contributed by atoms with Crippen LogP contribution in [0, 0.1) is 0 Å². The first kappa shape index (κ1) is 21.5. The van der Waals surface area contributed by atoms with Crippen molar-refractivity contribution >= 4 is 16.9 Å². The number of benzene rings is 1. The van der Waals surface area contributed by atoms with Crippen LogP contribution in [0.25, 0.3) is 10.9 Å². The number of rotatable bonds is 8. The summed E-state index contributed by atoms with van der Waals surface area (Å²) in [5, 5.41) is 7.57. The minimum atomic E-state index is -4.42. The molecule has 9 heteroatoms. The molecule has 0 saturated carbocycles. The number of nitrogens with one attached hydrogen (secondary N) is 3. The fraction of sp³-hybridized carbons (Fsp3) is 0.333. The third-order valence-corrected chi connectivity index (χ3v) is 4.34. The molecule has 6 nitrogen and oxygen atoms in total. The molecule has 0 spiro atoms. The molecule has 0 aliphatic heterocycles. The minimum Gasteiger partial charge on any atom is -0.468 e. The summed E-state index contributed by atoms with van der Waals surface area (Å²) in [5.41, 5.74) is 2.77. The van der Waals surface area contributed by atoms with Gasteiger partial charge in [0.15, 0.2) is 12.6 Å². The van der Waals surface area contributed by atoms with Crippen molar-refractivity contribution in [2.75, 3.05) is 19.7 Å². The summed E-state index contributed by atoms with van der Waals surface area (Å²) < 4.78 is 42.1. The summed E-state index contributed by atoms with van der Waals surface area (Å²) in [6.07, 6.45) is -0.238. The average Bonchev–Trinajstić information content (AvgIpc) is 3.14. The molecule has 1 aromatic carbocycles. The van der Waals surface area contributed by atoms with Gasteiger partial charge in [-0.3, -0.25) is 0 Å². The van der Waals surface area contributed by atoms with Crippen LogP contribution in [-0.4, -0.2) is 41.8 Å². The van der Waals surface area contributed by atoms with Crippen molar-refractivity contribution in [3.63, 3.8) is 0 Å². The van der Waals surface area contributed by atoms with E-state index >= 15 is 0 Å². The fourth-order valence-electron chi connectivity index (χ4n) is 2.98. The Morgan fingerprint density at radius 1 is 1.13 bits per heavy atom. The number of para-hydroxylation sites is 1. The normalized spacial score (nSPS) is 12.2. The number of hydrogen-bond acceptors (Lipinski definition) is 3. The molecule has 0 bridgehead atoms. The number of aromatic nitrogens is 2. The smallest absolute Gasteiger partial charge is 0.422 e. The van der Waals surface area contributed by atoms with Crippen LogP contribution in [0.5, 0.6) is 5.88 Å². The quantitative estimate of drug-likeness (QED) is 0.384. The fourth-order valence-corrected chi connectivity index (χ4v) is 2.98. The molecular weight excluding hydrogens is 395 g/mol. The Bertz CT molecular complexity index is 984. The zero-order valence-corrected chi connectivity index (χ0v) is 16.6. The van der Waals surface area contributed by atoms with Crippen molar-refractivity contribution in [3.05, 3.63) is 59.9 Å². The molecule has 3 N–H and O–H groups in total. The number of guanidine groups is 1. The van der Waals surface area contributed by atoms with Gasteiger partial charge in [0, 0.05) is 41.9 Å². The summed E-state index contributed by atoms with van der Waals surface area (Å²) in [7, 11) is 0. The Labute approximate surface area is 172 Å². The second-order valence-electron chi connectivity index (χ2n) is 6.60. The highest BCUT2D eigenvalue weighted by atomic mass is 19.4. The zero-order chi connectivity index (χ0) is 21.4. The van der Waals surface area contributed by atoms with Gasteiger partial charge in [0.1, 0.15) is 0 Å². The van der Waals surface area contributed by atoms with Gasteiger partial charge in [-0.05, 0) is 31.0 Å². The Kier molecular flexibility index (Phi) is 7.16. The van der Waals surface area contributed by atoms with Gasteiger partial charge in [-0.2, -0.15) is 13.2 Å². The van der Waals surface area contributed by atoms with Crippen LogP contribution in [0.1, 0.15) is 18.1 Å². The molecule has 0 aliphatic rings. The molecule has 0 amide bonds. The van der Waals surface area contributed by atoms with Gasteiger partial charge in [0.2, 0.25) is 5.88 Å². The van der Waals surface area contributed by atoms with Gasteiger partial charge >= 0.3 is 6.18 Å². The third kappa shape index (κ3) is 6.13. The van der Waals surface area contributed by atoms with E-state index in [1.165, 1.54) is 17.1 Å². The van der Waals surface area contributed by atoms with Crippen molar-refractivity contribution in [1.82, 2.24) is 20.6 Å². The van der Waals surface area contributed by atoms with Crippen LogP contribution in [0.4, 0.5) is 13.2 Å². The number of aliphatic imine (C=N–C) groups is 1. The first-order valence-corrected chi connectivity index (χ1v) is 9.67. The number of nitrogens with zero attached hydrogens (tertiary/aromatic N) is 2. The van der Waals surface area contributed by atoms with E-state index in [0.29, 0.717) is 24.6 Å². The van der Waals surface area contributed by atoms with E-state index in [9.17, 15) is 13.2 Å². The van der Waals surface area contributed by atoms with Crippen LogP contribution in [0.15, 0.2) is 53.8 Å². The molecule has 3 aromatic rings. The van der Waals surface area contributed by atoms with Crippen LogP contribution in [-0.2, 0) is 13.0 Å². The van der Waals surface area contributed by atoms with Crippen molar-refractivity contribution < 1.29 is 17.9 Å². The molecule has 0 saturated heterocycles. The molecule has 0 radical (unpaired) electrons. The van der Waals surface area contributed by atoms with E-state index in [2.05, 4.69) is 31.7 Å². The lowest BCUT2D eigenvalue weighted by atomic mass is 10.1. The molecule has 0 fully saturated rings. The summed E-state index contributed by atoms with van der Waals surface area (Å²) in [4.78, 5) is 11.6. The second kappa shape index (κ2) is 10.00. The minimum absolute atomic E-state index is 0.0618. The van der Waals surface area contributed by atoms with Gasteiger partial charge in [0.25, 0.3) is 0 Å². The standard InChI is InChI=1S/C21H24F3N5O/c1-2-25-20(27-11-9-15-12-28-18-8-4-3-7-17(15)18)29-13-16-6-5-10-26-19(16)30-14-21(22,23)24/h3-8,10,12,28H,2,9,11,13-14H2,1H3,(H2,25,27,29). The highest BCUT2D eigenvalue weighted by Gasteiger charge is 2.29. The maximum atomic E-state index is 12.4. The summed E-state index contributed by atoms with van der Waals surface area (Å²) in [5.74, 6) is 0.510. The molecule has 0 atom stereocenters. The van der Waals surface area contributed by atoms with Crippen LogP contribution in [0.2, 0.25) is 0 Å². The van der Waals surface area contributed by atoms with E-state index in [1.54, 1.807) is 12.1 Å². The molecule has 2 heterocycles. The maximum Gasteiger partial charge on any atom is 0.422 e. The molecule has 0 aliphatic carbocycles. The Morgan fingerprint density at radius 3 is 2.77 bits per heavy atom. The number of ether oxygens (including phenoxy) is 1. The van der Waals surface area contributed by atoms with Crippen molar-refractivity contribution in [2.24, 2.45) is 4.99 Å². The number of hydrogen-bond donors (Lipinski definition) is 3. The maximum absolute atomic E-state index is 12.4. The van der Waals surface area contributed by atoms with Gasteiger partial charge in [0.05, 0.1) is 6.54 Å². The van der Waals surface area contributed by atoms with Crippen LogP contribution < -0.4 is 15.4 Å². The highest BCUT2D eigenvalue weighted by Crippen LogP contribution is 2.20. The first-order chi connectivity index (χ1) is 14.5. The van der Waals surface area contributed by atoms with E-state index in [4.69, 9.17) is 4.74 Å². The molecule has 2 aromatic heterocycles. The van der Waals surface area contributed by atoms with Crippen LogP contribution >= 0.6 is 0 Å². The Morgan fingerprint density at radius 2 is 1.97 bits per heavy atom. The molecule has 30 heavy (non-hydrogen) atoms. The summed E-state index contributed by atoms with van der Waals surface area (Å²) in [6.45, 7) is 2.01. The third-order valence-electron chi connectivity index (χ3n) is 4.34. The van der Waals surface area contributed by atoms with E-state index in [0.717, 1.165) is 11.9 Å². The van der Waals surface area contributed by atoms with Crippen molar-refractivity contribution in [3.8, 4) is 5.88 Å². The Hall–Kier alpha value is -3.23. The van der Waals surface area contributed by atoms with E-state index in [-0.39, 0.29) is 12.4 Å². The number of aromatic amines is 1. The average molecular weight is 419 g/mol. The molecule has 3 rings (SSSR count). The molecular formula is C21H24F3N5O. The van der Waals surface area contributed by atoms with Crippen molar-refractivity contribution in [1.29, 1.82) is 0 Å². The van der Waals surface area contributed by atoms with E-state index in [1.807, 2.05) is 31.3 Å². The number of H-pyrrole nitrogens is 1. The lowest BCUT2D eigenvalue weighted by Crippen LogP contribution is -2.38. The number of halogens is 3. The van der Waals surface area contributed by atoms with Crippen LogP contribution in [0.3, 0.4) is 0 Å². The topological polar surface area (TPSA) is 74.3 Å². The number of pyridine rings is 1. The van der Waals surface area contributed by atoms with Crippen molar-refractivity contribution in [2.45, 2.75) is 26.1 Å². The van der Waals surface area contributed by atoms with Gasteiger partial charge in [-0.25, -0.2) is 9.98 Å². The predicted molar refractivity (Wildman–Crippen MR) is 111 cm³/mol. The monoisotopic (exact) mass is 419 g/mol. The van der Waals surface area contributed by atoms with Gasteiger partial charge in [-0.1, -0.05) is 24.3 Å². The summed E-state index contributed by atoms with van der Waals surface area (Å²) in [6, 6.07) is 11.4. The van der Waals surface area contributed by atoms with Gasteiger partial charge in [-0.15, -0.1) is 0 Å². The number of alkyl halides is 3. The van der Waals surface area contributed by atoms with E-state index < -0.39 is 12.8 Å². The predicted octanol–water partition coefficient (Wildman–Crippen LogP) is 3.80. The second-order valence-corrected chi connectivity index (χ2v) is 6.60. The molecule has 160 valence electrons. The highest BCUT2D eigenvalue weighted by molar-refractivity contribution is 5.83. The summed E-state index contributed by atoms with van der Waals surface area (Å²) >= 11 is 0. The largest absolute Gasteiger partial charge is 0.468 e.